The van der Waals surface area contributed by atoms with Crippen molar-refractivity contribution in [3.63, 3.8) is 0 Å². The second-order valence-corrected chi connectivity index (χ2v) is 16.0. The Balaban J connectivity index is 1.04. The van der Waals surface area contributed by atoms with Crippen molar-refractivity contribution in [1.29, 1.82) is 0 Å². The summed E-state index contributed by atoms with van der Waals surface area (Å²) >= 11 is 0. The predicted molar refractivity (Wildman–Crippen MR) is 232 cm³/mol. The smallest absolute Gasteiger partial charge is 0.187 e. The van der Waals surface area contributed by atoms with E-state index in [1.807, 2.05) is 146 Å². The van der Waals surface area contributed by atoms with E-state index in [0.717, 1.165) is 38.6 Å². The molecule has 6 aromatic carbocycles. The van der Waals surface area contributed by atoms with Gasteiger partial charge in [0, 0.05) is 12.7 Å². The molecule has 3 heterocycles. The average molecular weight is 839 g/mol. The van der Waals surface area contributed by atoms with E-state index in [4.69, 9.17) is 47.4 Å². The Morgan fingerprint density at radius 2 is 0.968 bits per heavy atom. The van der Waals surface area contributed by atoms with Gasteiger partial charge in [-0.25, -0.2) is 0 Å². The molecule has 0 aliphatic carbocycles. The molecule has 322 valence electrons. The lowest BCUT2D eigenvalue weighted by molar-refractivity contribution is -0.359. The van der Waals surface area contributed by atoms with Crippen molar-refractivity contribution in [1.82, 2.24) is 0 Å². The van der Waals surface area contributed by atoms with Crippen molar-refractivity contribution >= 4 is 10.8 Å². The number of hydrogen-bond acceptors (Lipinski definition) is 10. The maximum absolute atomic E-state index is 7.23. The Morgan fingerprint density at radius 3 is 1.56 bits per heavy atom. The van der Waals surface area contributed by atoms with Gasteiger partial charge >= 0.3 is 0 Å². The minimum atomic E-state index is -0.918. The van der Waals surface area contributed by atoms with E-state index < -0.39 is 67.7 Å². The van der Waals surface area contributed by atoms with Gasteiger partial charge in [0.2, 0.25) is 0 Å². The Bertz CT molecular complexity index is 2260. The lowest BCUT2D eigenvalue weighted by Crippen LogP contribution is -2.64. The normalized spacial score (nSPS) is 28.5. The fourth-order valence-electron chi connectivity index (χ4n) is 8.50. The number of hydrogen-bond donors (Lipinski definition) is 0. The molecule has 62 heavy (non-hydrogen) atoms. The van der Waals surface area contributed by atoms with E-state index in [1.165, 1.54) is 0 Å². The summed E-state index contributed by atoms with van der Waals surface area (Å²) in [5.41, 5.74) is 4.97. The van der Waals surface area contributed by atoms with Gasteiger partial charge < -0.3 is 47.4 Å². The van der Waals surface area contributed by atoms with Gasteiger partial charge in [0.05, 0.1) is 39.1 Å². The fourth-order valence-corrected chi connectivity index (χ4v) is 8.50. The summed E-state index contributed by atoms with van der Waals surface area (Å²) in [4.78, 5) is 0. The summed E-state index contributed by atoms with van der Waals surface area (Å²) in [6.07, 6.45) is -7.40. The standard InChI is InChI=1S/C52H54O10/c1-35-44(55-31-37-19-9-4-10-20-37)47-49(62-50(61-47)42-28-27-40-25-15-16-26-41(40)29-42)52(58-35)60-45-43(34-54-30-36-17-7-3-8-18-36)59-51(53-2)48(57-33-39-23-13-6-14-24-39)46(45)56-32-38-21-11-5-12-22-38/h3-29,35,43-52H,30-34H2,1-2H3/t35-,43+,44-,45+,46-,47+,48+,49+,50+,51-,52+/m0/s1. The highest BCUT2D eigenvalue weighted by Gasteiger charge is 2.56. The lowest BCUT2D eigenvalue weighted by atomic mass is 9.96. The Kier molecular flexibility index (Phi) is 14.1. The van der Waals surface area contributed by atoms with Crippen LogP contribution < -0.4 is 0 Å². The molecule has 3 aliphatic heterocycles. The van der Waals surface area contributed by atoms with E-state index in [2.05, 4.69) is 24.3 Å². The topological polar surface area (TPSA) is 92.3 Å². The van der Waals surface area contributed by atoms with Crippen molar-refractivity contribution in [2.75, 3.05) is 13.7 Å². The van der Waals surface area contributed by atoms with Crippen LogP contribution in [-0.2, 0) is 73.8 Å². The Hall–Kier alpha value is -4.82. The molecule has 3 fully saturated rings. The first-order valence-corrected chi connectivity index (χ1v) is 21.5. The number of ether oxygens (including phenoxy) is 10. The number of fused-ring (bicyclic) bond motifs is 2. The van der Waals surface area contributed by atoms with E-state index in [0.29, 0.717) is 19.8 Å². The zero-order chi connectivity index (χ0) is 42.1. The molecule has 0 spiro atoms. The molecule has 0 N–H and O–H groups in total. The van der Waals surface area contributed by atoms with E-state index in [9.17, 15) is 0 Å². The lowest BCUT2D eigenvalue weighted by Gasteiger charge is -2.48. The molecule has 0 amide bonds. The van der Waals surface area contributed by atoms with Gasteiger partial charge in [0.25, 0.3) is 0 Å². The molecule has 9 rings (SSSR count). The SMILES string of the molecule is CO[C@H]1O[C@H](COCc2ccccc2)[C@@H](O[C@H]2O[C@@H](C)[C@H](OCc3ccccc3)[C@H]3O[C@@H](c4ccc5ccccc5c4)O[C@@H]23)[C@H](OCc2ccccc2)[C@H]1OCc1ccccc1. The van der Waals surface area contributed by atoms with Crippen LogP contribution >= 0.6 is 0 Å². The summed E-state index contributed by atoms with van der Waals surface area (Å²) in [7, 11) is 1.61. The molecule has 0 saturated carbocycles. The van der Waals surface area contributed by atoms with E-state index in [1.54, 1.807) is 7.11 Å². The third-order valence-electron chi connectivity index (χ3n) is 11.7. The molecule has 10 heteroatoms. The highest BCUT2D eigenvalue weighted by Crippen LogP contribution is 2.43. The molecule has 0 aromatic heterocycles. The van der Waals surface area contributed by atoms with Gasteiger partial charge in [-0.1, -0.05) is 158 Å². The van der Waals surface area contributed by atoms with Crippen LogP contribution in [0.15, 0.2) is 164 Å². The quantitative estimate of drug-likeness (QED) is 0.0886. The summed E-state index contributed by atoms with van der Waals surface area (Å²) < 4.78 is 67.2. The zero-order valence-electron chi connectivity index (χ0n) is 35.1. The van der Waals surface area contributed by atoms with Crippen molar-refractivity contribution in [3.05, 3.63) is 192 Å². The summed E-state index contributed by atoms with van der Waals surface area (Å²) in [5, 5.41) is 2.22. The van der Waals surface area contributed by atoms with Gasteiger partial charge in [-0.3, -0.25) is 0 Å². The molecular formula is C52H54O10. The van der Waals surface area contributed by atoms with Crippen LogP contribution in [0, 0.1) is 0 Å². The van der Waals surface area contributed by atoms with Crippen LogP contribution in [0.2, 0.25) is 0 Å². The van der Waals surface area contributed by atoms with Crippen LogP contribution in [0.4, 0.5) is 0 Å². The summed E-state index contributed by atoms with van der Waals surface area (Å²) in [6, 6.07) is 54.7. The molecular weight excluding hydrogens is 785 g/mol. The predicted octanol–water partition coefficient (Wildman–Crippen LogP) is 9.10. The molecule has 0 bridgehead atoms. The van der Waals surface area contributed by atoms with Gasteiger partial charge in [0.1, 0.15) is 42.7 Å². The molecule has 10 nitrogen and oxygen atoms in total. The molecule has 0 unspecified atom stereocenters. The fraction of sp³-hybridized carbons (Fsp3) is 0.346. The molecule has 3 saturated heterocycles. The third kappa shape index (κ3) is 10.2. The van der Waals surface area contributed by atoms with Gasteiger partial charge in [-0.05, 0) is 46.0 Å². The number of methoxy groups -OCH3 is 1. The minimum Gasteiger partial charge on any atom is -0.374 e. The first-order chi connectivity index (χ1) is 30.6. The highest BCUT2D eigenvalue weighted by atomic mass is 16.8. The summed E-state index contributed by atoms with van der Waals surface area (Å²) in [6.45, 7) is 3.51. The summed E-state index contributed by atoms with van der Waals surface area (Å²) in [5.74, 6) is 0. The van der Waals surface area contributed by atoms with Crippen molar-refractivity contribution < 1.29 is 47.4 Å². The maximum atomic E-state index is 7.23. The monoisotopic (exact) mass is 838 g/mol. The first kappa shape index (κ1) is 42.5. The van der Waals surface area contributed by atoms with Gasteiger partial charge in [-0.15, -0.1) is 0 Å². The Morgan fingerprint density at radius 1 is 0.452 bits per heavy atom. The molecule has 0 radical (unpaired) electrons. The van der Waals surface area contributed by atoms with Gasteiger partial charge in [0.15, 0.2) is 18.9 Å². The van der Waals surface area contributed by atoms with Crippen molar-refractivity contribution in [2.24, 2.45) is 0 Å². The maximum Gasteiger partial charge on any atom is 0.187 e. The molecule has 6 aromatic rings. The van der Waals surface area contributed by atoms with Crippen molar-refractivity contribution in [3.8, 4) is 0 Å². The zero-order valence-corrected chi connectivity index (χ0v) is 35.1. The highest BCUT2D eigenvalue weighted by molar-refractivity contribution is 5.83. The third-order valence-corrected chi connectivity index (χ3v) is 11.7. The number of benzene rings is 6. The number of rotatable bonds is 17. The van der Waals surface area contributed by atoms with E-state index in [-0.39, 0.29) is 13.2 Å². The largest absolute Gasteiger partial charge is 0.374 e. The molecule has 3 aliphatic rings. The minimum absolute atomic E-state index is 0.173. The average Bonchev–Trinajstić information content (AvgIpc) is 3.78. The van der Waals surface area contributed by atoms with Crippen LogP contribution in [0.3, 0.4) is 0 Å². The van der Waals surface area contributed by atoms with E-state index >= 15 is 0 Å². The Labute approximate surface area is 363 Å². The second kappa shape index (κ2) is 20.6. The van der Waals surface area contributed by atoms with Crippen molar-refractivity contribution in [2.45, 2.75) is 101 Å². The second-order valence-electron chi connectivity index (χ2n) is 16.0. The first-order valence-electron chi connectivity index (χ1n) is 21.5. The molecule has 11 atom stereocenters. The van der Waals surface area contributed by atoms with Gasteiger partial charge in [-0.2, -0.15) is 0 Å². The van der Waals surface area contributed by atoms with Crippen LogP contribution in [-0.4, -0.2) is 75.1 Å². The van der Waals surface area contributed by atoms with Crippen LogP contribution in [0.25, 0.3) is 10.8 Å². The van der Waals surface area contributed by atoms with Crippen LogP contribution in [0.5, 0.6) is 0 Å². The van der Waals surface area contributed by atoms with Crippen LogP contribution in [0.1, 0.15) is 41.0 Å².